The first-order valence-electron chi connectivity index (χ1n) is 12.1. The highest BCUT2D eigenvalue weighted by Gasteiger charge is 2.22. The zero-order valence-electron chi connectivity index (χ0n) is 20.1. The molecule has 1 saturated heterocycles. The van der Waals surface area contributed by atoms with E-state index in [1.807, 2.05) is 53.4 Å². The van der Waals surface area contributed by atoms with Crippen LogP contribution < -0.4 is 4.90 Å². The van der Waals surface area contributed by atoms with Crippen LogP contribution in [0.5, 0.6) is 0 Å². The molecule has 6 heteroatoms. The molecule has 0 N–H and O–H groups in total. The second kappa shape index (κ2) is 10.8. The highest BCUT2D eigenvalue weighted by molar-refractivity contribution is 5.91. The molecule has 3 aromatic rings. The monoisotopic (exact) mass is 445 g/mol. The van der Waals surface area contributed by atoms with E-state index in [9.17, 15) is 4.79 Å². The number of fused-ring (bicyclic) bond motifs is 1. The highest BCUT2D eigenvalue weighted by Crippen LogP contribution is 2.28. The van der Waals surface area contributed by atoms with E-state index in [0.29, 0.717) is 18.9 Å². The van der Waals surface area contributed by atoms with E-state index in [1.165, 1.54) is 0 Å². The second-order valence-electron chi connectivity index (χ2n) is 9.16. The number of carbonyl (C=O) groups is 1. The van der Waals surface area contributed by atoms with E-state index >= 15 is 0 Å². The predicted octanol–water partition coefficient (Wildman–Crippen LogP) is 4.31. The van der Waals surface area contributed by atoms with E-state index < -0.39 is 0 Å². The molecule has 1 aliphatic heterocycles. The minimum absolute atomic E-state index is 0.237. The molecular formula is C27H35N5O. The van der Waals surface area contributed by atoms with Crippen molar-refractivity contribution in [2.75, 3.05) is 50.7 Å². The van der Waals surface area contributed by atoms with Crippen molar-refractivity contribution in [3.8, 4) is 11.4 Å². The summed E-state index contributed by atoms with van der Waals surface area (Å²) in [7, 11) is 0. The Bertz CT molecular complexity index is 1060. The molecule has 1 fully saturated rings. The number of hydrogen-bond donors (Lipinski definition) is 0. The molecule has 174 valence electrons. The lowest BCUT2D eigenvalue weighted by Gasteiger charge is -2.35. The van der Waals surface area contributed by atoms with Crippen LogP contribution in [-0.2, 0) is 4.79 Å². The van der Waals surface area contributed by atoms with Crippen LogP contribution in [0, 0.1) is 5.92 Å². The van der Waals surface area contributed by atoms with E-state index in [1.54, 1.807) is 0 Å². The van der Waals surface area contributed by atoms with Gasteiger partial charge in [-0.3, -0.25) is 4.79 Å². The summed E-state index contributed by atoms with van der Waals surface area (Å²) in [5.74, 6) is 2.32. The molecule has 0 saturated carbocycles. The van der Waals surface area contributed by atoms with Crippen molar-refractivity contribution in [3.05, 3.63) is 54.6 Å². The van der Waals surface area contributed by atoms with Crippen LogP contribution >= 0.6 is 0 Å². The summed E-state index contributed by atoms with van der Waals surface area (Å²) < 4.78 is 0. The number of nitrogens with zero attached hydrogens (tertiary/aromatic N) is 5. The maximum atomic E-state index is 13.0. The van der Waals surface area contributed by atoms with E-state index in [2.05, 4.69) is 36.6 Å². The fourth-order valence-corrected chi connectivity index (χ4v) is 4.44. The Hall–Kier alpha value is -2.99. The molecule has 0 aliphatic carbocycles. The maximum Gasteiger partial charge on any atom is 0.224 e. The molecule has 1 aromatic heterocycles. The minimum Gasteiger partial charge on any atom is -0.355 e. The molecule has 0 spiro atoms. The molecule has 0 bridgehead atoms. The third-order valence-corrected chi connectivity index (χ3v) is 6.27. The zero-order chi connectivity index (χ0) is 23.2. The second-order valence-corrected chi connectivity index (χ2v) is 9.16. The normalized spacial score (nSPS) is 14.7. The first kappa shape index (κ1) is 23.2. The summed E-state index contributed by atoms with van der Waals surface area (Å²) in [6.45, 7) is 12.7. The van der Waals surface area contributed by atoms with Gasteiger partial charge in [0.1, 0.15) is 5.82 Å². The molecule has 2 heterocycles. The molecule has 2 aromatic carbocycles. The molecule has 0 radical (unpaired) electrons. The van der Waals surface area contributed by atoms with Gasteiger partial charge >= 0.3 is 0 Å². The molecular weight excluding hydrogens is 410 g/mol. The molecule has 4 rings (SSSR count). The lowest BCUT2D eigenvalue weighted by Crippen LogP contribution is -2.49. The van der Waals surface area contributed by atoms with Gasteiger partial charge in [-0.25, -0.2) is 9.97 Å². The topological polar surface area (TPSA) is 52.6 Å². The maximum absolute atomic E-state index is 13.0. The Morgan fingerprint density at radius 2 is 1.67 bits per heavy atom. The number of carbonyl (C=O) groups excluding carboxylic acids is 1. The molecule has 1 aliphatic rings. The molecule has 6 nitrogen and oxygen atoms in total. The number of benzene rings is 2. The fraction of sp³-hybridized carbons (Fsp3) is 0.444. The summed E-state index contributed by atoms with van der Waals surface area (Å²) in [5, 5.41) is 1.03. The van der Waals surface area contributed by atoms with Gasteiger partial charge < -0.3 is 14.7 Å². The van der Waals surface area contributed by atoms with Gasteiger partial charge in [-0.15, -0.1) is 0 Å². The number of aromatic nitrogens is 2. The number of para-hydroxylation sites is 1. The van der Waals surface area contributed by atoms with Gasteiger partial charge in [0.15, 0.2) is 5.82 Å². The Balaban J connectivity index is 1.60. The summed E-state index contributed by atoms with van der Waals surface area (Å²) in [6.07, 6.45) is 0.498. The van der Waals surface area contributed by atoms with Crippen LogP contribution in [-0.4, -0.2) is 71.5 Å². The molecule has 1 amide bonds. The smallest absolute Gasteiger partial charge is 0.224 e. The van der Waals surface area contributed by atoms with Crippen molar-refractivity contribution in [2.24, 2.45) is 5.92 Å². The van der Waals surface area contributed by atoms with Gasteiger partial charge in [0.25, 0.3) is 0 Å². The highest BCUT2D eigenvalue weighted by atomic mass is 16.2. The van der Waals surface area contributed by atoms with Crippen molar-refractivity contribution < 1.29 is 4.79 Å². The number of amides is 1. The van der Waals surface area contributed by atoms with E-state index in [-0.39, 0.29) is 5.91 Å². The van der Waals surface area contributed by atoms with Crippen molar-refractivity contribution in [3.63, 3.8) is 0 Å². The standard InChI is InChI=1S/C27H35N5O/c1-4-30-16-18-31(19-17-30)25(33)14-15-32(20-21(2)3)27-23-12-8-9-13-24(23)28-26(29-27)22-10-6-5-7-11-22/h5-13,21H,4,14-20H2,1-3H3. The van der Waals surface area contributed by atoms with Crippen LogP contribution in [0.1, 0.15) is 27.2 Å². The Morgan fingerprint density at radius 1 is 0.970 bits per heavy atom. The first-order valence-corrected chi connectivity index (χ1v) is 12.1. The summed E-state index contributed by atoms with van der Waals surface area (Å²) >= 11 is 0. The molecule has 0 unspecified atom stereocenters. The number of hydrogen-bond acceptors (Lipinski definition) is 5. The Labute approximate surface area is 197 Å². The van der Waals surface area contributed by atoms with Crippen molar-refractivity contribution in [1.82, 2.24) is 19.8 Å². The van der Waals surface area contributed by atoms with E-state index in [4.69, 9.17) is 9.97 Å². The van der Waals surface area contributed by atoms with Gasteiger partial charge in [0.05, 0.1) is 5.52 Å². The van der Waals surface area contributed by atoms with Crippen LogP contribution in [0.4, 0.5) is 5.82 Å². The van der Waals surface area contributed by atoms with Crippen LogP contribution in [0.2, 0.25) is 0 Å². The van der Waals surface area contributed by atoms with Crippen molar-refractivity contribution in [1.29, 1.82) is 0 Å². The van der Waals surface area contributed by atoms with Gasteiger partial charge in [-0.05, 0) is 24.6 Å². The summed E-state index contributed by atoms with van der Waals surface area (Å²) in [6, 6.07) is 18.3. The SMILES string of the molecule is CCN1CCN(C(=O)CCN(CC(C)C)c2nc(-c3ccccc3)nc3ccccc23)CC1. The van der Waals surface area contributed by atoms with Crippen LogP contribution in [0.3, 0.4) is 0 Å². The number of rotatable bonds is 8. The van der Waals surface area contributed by atoms with Crippen LogP contribution in [0.15, 0.2) is 54.6 Å². The minimum atomic E-state index is 0.237. The van der Waals surface area contributed by atoms with Gasteiger partial charge in [0, 0.05) is 56.6 Å². The molecule has 0 atom stereocenters. The average Bonchev–Trinajstić information content (AvgIpc) is 2.86. The van der Waals surface area contributed by atoms with Gasteiger partial charge in [0.2, 0.25) is 5.91 Å². The largest absolute Gasteiger partial charge is 0.355 e. The first-order chi connectivity index (χ1) is 16.0. The molecule has 33 heavy (non-hydrogen) atoms. The third-order valence-electron chi connectivity index (χ3n) is 6.27. The number of piperazine rings is 1. The Morgan fingerprint density at radius 3 is 2.36 bits per heavy atom. The third kappa shape index (κ3) is 5.69. The fourth-order valence-electron chi connectivity index (χ4n) is 4.44. The van der Waals surface area contributed by atoms with Crippen LogP contribution in [0.25, 0.3) is 22.3 Å². The quantitative estimate of drug-likeness (QED) is 0.517. The predicted molar refractivity (Wildman–Crippen MR) is 135 cm³/mol. The lowest BCUT2D eigenvalue weighted by atomic mass is 10.1. The Kier molecular flexibility index (Phi) is 7.55. The van der Waals surface area contributed by atoms with E-state index in [0.717, 1.165) is 67.4 Å². The van der Waals surface area contributed by atoms with Crippen molar-refractivity contribution in [2.45, 2.75) is 27.2 Å². The van der Waals surface area contributed by atoms with Gasteiger partial charge in [-0.1, -0.05) is 63.2 Å². The number of anilines is 1. The average molecular weight is 446 g/mol. The lowest BCUT2D eigenvalue weighted by molar-refractivity contribution is -0.132. The zero-order valence-corrected chi connectivity index (χ0v) is 20.1. The summed E-state index contributed by atoms with van der Waals surface area (Å²) in [5.41, 5.74) is 1.93. The van der Waals surface area contributed by atoms with Crippen molar-refractivity contribution >= 4 is 22.6 Å². The number of likely N-dealkylation sites (N-methyl/N-ethyl adjacent to an activating group) is 1. The summed E-state index contributed by atoms with van der Waals surface area (Å²) in [4.78, 5) is 29.6. The van der Waals surface area contributed by atoms with Gasteiger partial charge in [-0.2, -0.15) is 0 Å².